The molecule has 1 heterocycles. The lowest BCUT2D eigenvalue weighted by Gasteiger charge is -2.30. The predicted molar refractivity (Wildman–Crippen MR) is 98.4 cm³/mol. The predicted octanol–water partition coefficient (Wildman–Crippen LogP) is 1.58. The lowest BCUT2D eigenvalue weighted by Crippen LogP contribution is -2.43. The van der Waals surface area contributed by atoms with Crippen LogP contribution in [0.25, 0.3) is 0 Å². The first-order valence-electron chi connectivity index (χ1n) is 8.83. The Bertz CT molecular complexity index is 633. The Labute approximate surface area is 154 Å². The van der Waals surface area contributed by atoms with Crippen molar-refractivity contribution in [3.8, 4) is 0 Å². The van der Waals surface area contributed by atoms with Gasteiger partial charge in [-0.25, -0.2) is 4.79 Å². The van der Waals surface area contributed by atoms with E-state index < -0.39 is 17.5 Å². The molecule has 2 rings (SSSR count). The molecule has 144 valence electrons. The Kier molecular flexibility index (Phi) is 6.99. The molecule has 7 heteroatoms. The number of benzene rings is 1. The summed E-state index contributed by atoms with van der Waals surface area (Å²) in [5, 5.41) is 12.4. The van der Waals surface area contributed by atoms with Crippen molar-refractivity contribution in [2.24, 2.45) is 0 Å². The van der Waals surface area contributed by atoms with Crippen molar-refractivity contribution in [2.75, 3.05) is 37.7 Å². The van der Waals surface area contributed by atoms with Crippen molar-refractivity contribution < 1.29 is 24.2 Å². The van der Waals surface area contributed by atoms with Gasteiger partial charge in [-0.2, -0.15) is 0 Å². The van der Waals surface area contributed by atoms with Gasteiger partial charge in [-0.15, -0.1) is 0 Å². The van der Waals surface area contributed by atoms with Crippen molar-refractivity contribution in [2.45, 2.75) is 39.4 Å². The van der Waals surface area contributed by atoms with E-state index in [1.165, 1.54) is 0 Å². The van der Waals surface area contributed by atoms with E-state index in [1.807, 2.05) is 18.2 Å². The average molecular weight is 364 g/mol. The van der Waals surface area contributed by atoms with Crippen LogP contribution in [0.1, 0.15) is 31.9 Å². The number of esters is 1. The second kappa shape index (κ2) is 9.00. The van der Waals surface area contributed by atoms with E-state index in [0.717, 1.165) is 43.0 Å². The number of carbonyl (C=O) groups excluding carboxylic acids is 1. The lowest BCUT2D eigenvalue weighted by atomic mass is 10.1. The summed E-state index contributed by atoms with van der Waals surface area (Å²) >= 11 is 0. The molecule has 7 nitrogen and oxygen atoms in total. The van der Waals surface area contributed by atoms with Crippen LogP contribution in [0.2, 0.25) is 0 Å². The van der Waals surface area contributed by atoms with Gasteiger partial charge in [0.15, 0.2) is 0 Å². The van der Waals surface area contributed by atoms with Crippen molar-refractivity contribution in [1.82, 2.24) is 5.32 Å². The second-order valence-electron chi connectivity index (χ2n) is 7.39. The van der Waals surface area contributed by atoms with E-state index in [9.17, 15) is 9.59 Å². The van der Waals surface area contributed by atoms with Crippen molar-refractivity contribution in [3.63, 3.8) is 0 Å². The number of aliphatic carboxylic acids is 1. The quantitative estimate of drug-likeness (QED) is 0.710. The minimum Gasteiger partial charge on any atom is -0.481 e. The summed E-state index contributed by atoms with van der Waals surface area (Å²) in [7, 11) is 0. The summed E-state index contributed by atoms with van der Waals surface area (Å²) in [6.07, 6.45) is -0.0427. The molecule has 0 radical (unpaired) electrons. The number of hydrogen-bond donors (Lipinski definition) is 2. The summed E-state index contributed by atoms with van der Waals surface area (Å²) in [4.78, 5) is 25.0. The topological polar surface area (TPSA) is 88.1 Å². The minimum absolute atomic E-state index is 0.0427. The van der Waals surface area contributed by atoms with Gasteiger partial charge in [0, 0.05) is 31.9 Å². The molecule has 1 fully saturated rings. The first kappa shape index (κ1) is 20.2. The summed E-state index contributed by atoms with van der Waals surface area (Å²) in [5.74, 6) is -1.29. The van der Waals surface area contributed by atoms with Crippen LogP contribution in [0.15, 0.2) is 18.2 Å². The fourth-order valence-corrected chi connectivity index (χ4v) is 2.83. The van der Waals surface area contributed by atoms with E-state index in [1.54, 1.807) is 20.8 Å². The zero-order valence-corrected chi connectivity index (χ0v) is 15.7. The number of anilines is 1. The Morgan fingerprint density at radius 1 is 1.15 bits per heavy atom. The van der Waals surface area contributed by atoms with Gasteiger partial charge in [-0.05, 0) is 44.0 Å². The van der Waals surface area contributed by atoms with Gasteiger partial charge in [0.05, 0.1) is 13.0 Å². The molecule has 0 aromatic heterocycles. The molecule has 1 aromatic carbocycles. The maximum absolute atomic E-state index is 11.7. The van der Waals surface area contributed by atoms with E-state index in [4.69, 9.17) is 14.6 Å². The van der Waals surface area contributed by atoms with Crippen LogP contribution < -0.4 is 10.2 Å². The zero-order valence-electron chi connectivity index (χ0n) is 15.7. The Hall–Kier alpha value is -2.12. The zero-order chi connectivity index (χ0) is 19.2. The average Bonchev–Trinajstić information content (AvgIpc) is 2.53. The molecular formula is C19H28N2O5. The number of nitrogens with one attached hydrogen (secondary N) is 1. The molecule has 1 aliphatic heterocycles. The Morgan fingerprint density at radius 2 is 1.81 bits per heavy atom. The number of carboxylic acid groups (broad SMARTS) is 1. The highest BCUT2D eigenvalue weighted by Crippen LogP contribution is 2.21. The molecule has 2 N–H and O–H groups in total. The molecular weight excluding hydrogens is 336 g/mol. The van der Waals surface area contributed by atoms with Gasteiger partial charge in [0.2, 0.25) is 0 Å². The summed E-state index contributed by atoms with van der Waals surface area (Å²) in [6.45, 7) is 9.04. The number of nitrogens with zero attached hydrogens (tertiary/aromatic N) is 1. The van der Waals surface area contributed by atoms with Crippen LogP contribution in [-0.2, 0) is 32.1 Å². The Morgan fingerprint density at radius 3 is 2.42 bits per heavy atom. The molecule has 0 spiro atoms. The SMILES string of the molecule is CC(C)(C)OC(=O)COCc1cc(CC(=O)O)cc(N2CCNCC2)c1. The van der Waals surface area contributed by atoms with E-state index in [-0.39, 0.29) is 19.6 Å². The van der Waals surface area contributed by atoms with Crippen molar-refractivity contribution in [3.05, 3.63) is 29.3 Å². The standard InChI is InChI=1S/C19H28N2O5/c1-19(2,3)26-18(24)13-25-12-15-8-14(11-17(22)23)9-16(10-15)21-6-4-20-5-7-21/h8-10,20H,4-7,11-13H2,1-3H3,(H,22,23). The first-order valence-corrected chi connectivity index (χ1v) is 8.83. The van der Waals surface area contributed by atoms with E-state index in [0.29, 0.717) is 0 Å². The highest BCUT2D eigenvalue weighted by molar-refractivity contribution is 5.71. The number of rotatable bonds is 7. The van der Waals surface area contributed by atoms with Crippen LogP contribution >= 0.6 is 0 Å². The fourth-order valence-electron chi connectivity index (χ4n) is 2.83. The summed E-state index contributed by atoms with van der Waals surface area (Å²) in [5.41, 5.74) is 2.02. The van der Waals surface area contributed by atoms with Gasteiger partial charge in [-0.3, -0.25) is 4.79 Å². The van der Waals surface area contributed by atoms with Crippen LogP contribution in [0.5, 0.6) is 0 Å². The van der Waals surface area contributed by atoms with Crippen LogP contribution in [0.3, 0.4) is 0 Å². The Balaban J connectivity index is 2.03. The maximum atomic E-state index is 11.7. The minimum atomic E-state index is -0.872. The highest BCUT2D eigenvalue weighted by Gasteiger charge is 2.17. The van der Waals surface area contributed by atoms with Crippen molar-refractivity contribution in [1.29, 1.82) is 0 Å². The molecule has 26 heavy (non-hydrogen) atoms. The van der Waals surface area contributed by atoms with Crippen molar-refractivity contribution >= 4 is 17.6 Å². The monoisotopic (exact) mass is 364 g/mol. The third-order valence-corrected chi connectivity index (χ3v) is 3.78. The maximum Gasteiger partial charge on any atom is 0.332 e. The molecule has 1 aromatic rings. The third kappa shape index (κ3) is 7.01. The first-order chi connectivity index (χ1) is 12.2. The molecule has 1 saturated heterocycles. The van der Waals surface area contributed by atoms with Crippen LogP contribution in [0, 0.1) is 0 Å². The number of hydrogen-bond acceptors (Lipinski definition) is 6. The molecule has 0 unspecified atom stereocenters. The molecule has 1 aliphatic rings. The van der Waals surface area contributed by atoms with Gasteiger partial charge < -0.3 is 24.8 Å². The third-order valence-electron chi connectivity index (χ3n) is 3.78. The van der Waals surface area contributed by atoms with Gasteiger partial charge >= 0.3 is 11.9 Å². The fraction of sp³-hybridized carbons (Fsp3) is 0.579. The number of carboxylic acids is 1. The summed E-state index contributed by atoms with van der Waals surface area (Å²) < 4.78 is 10.7. The van der Waals surface area contributed by atoms with E-state index >= 15 is 0 Å². The lowest BCUT2D eigenvalue weighted by molar-refractivity contribution is -0.160. The highest BCUT2D eigenvalue weighted by atomic mass is 16.6. The normalized spacial score (nSPS) is 15.0. The molecule has 0 amide bonds. The largest absolute Gasteiger partial charge is 0.481 e. The van der Waals surface area contributed by atoms with Gasteiger partial charge in [0.1, 0.15) is 12.2 Å². The number of piperazine rings is 1. The smallest absolute Gasteiger partial charge is 0.332 e. The van der Waals surface area contributed by atoms with Gasteiger partial charge in [-0.1, -0.05) is 6.07 Å². The van der Waals surface area contributed by atoms with E-state index in [2.05, 4.69) is 10.2 Å². The molecule has 0 atom stereocenters. The molecule has 0 saturated carbocycles. The second-order valence-corrected chi connectivity index (χ2v) is 7.39. The number of ether oxygens (including phenoxy) is 2. The summed E-state index contributed by atoms with van der Waals surface area (Å²) in [6, 6.07) is 5.72. The van der Waals surface area contributed by atoms with Crippen LogP contribution in [-0.4, -0.2) is 55.4 Å². The molecule has 0 aliphatic carbocycles. The van der Waals surface area contributed by atoms with Gasteiger partial charge in [0.25, 0.3) is 0 Å². The number of carbonyl (C=O) groups is 2. The van der Waals surface area contributed by atoms with Crippen LogP contribution in [0.4, 0.5) is 5.69 Å². The molecule has 0 bridgehead atoms.